The molecule has 1 unspecified atom stereocenters. The second-order valence-electron chi connectivity index (χ2n) is 3.86. The van der Waals surface area contributed by atoms with Crippen molar-refractivity contribution >= 4 is 0 Å². The van der Waals surface area contributed by atoms with Gasteiger partial charge in [0.05, 0.1) is 12.7 Å². The lowest BCUT2D eigenvalue weighted by molar-refractivity contribution is -0.242. The van der Waals surface area contributed by atoms with Crippen molar-refractivity contribution in [3.8, 4) is 0 Å². The molecule has 0 aromatic rings. The Morgan fingerprint density at radius 3 is 2.54 bits per heavy atom. The summed E-state index contributed by atoms with van der Waals surface area (Å²) in [6.07, 6.45) is -3.13. The Labute approximate surface area is 75.6 Å². The molecule has 1 saturated heterocycles. The van der Waals surface area contributed by atoms with Gasteiger partial charge in [0.15, 0.2) is 0 Å². The first-order valence-electron chi connectivity index (χ1n) is 4.44. The number of hydrogen-bond donors (Lipinski definition) is 4. The maximum Gasteiger partial charge on any atom is 0.122 e. The fraction of sp³-hybridized carbons (Fsp3) is 1.00. The first kappa shape index (κ1) is 9.36. The summed E-state index contributed by atoms with van der Waals surface area (Å²) in [5, 5.41) is 38.1. The molecular weight excluding hydrogens is 176 g/mol. The number of fused-ring (bicyclic) bond motifs is 1. The topological polar surface area (TPSA) is 90.2 Å². The third-order valence-corrected chi connectivity index (χ3v) is 3.01. The number of ether oxygens (including phenoxy) is 1. The van der Waals surface area contributed by atoms with Crippen molar-refractivity contribution in [2.24, 2.45) is 0 Å². The summed E-state index contributed by atoms with van der Waals surface area (Å²) in [7, 11) is 0. The number of aliphatic hydroxyl groups is 4. The highest BCUT2D eigenvalue weighted by Crippen LogP contribution is 2.39. The van der Waals surface area contributed by atoms with Gasteiger partial charge in [0.1, 0.15) is 23.9 Å². The monoisotopic (exact) mass is 190 g/mol. The van der Waals surface area contributed by atoms with E-state index in [1.54, 1.807) is 0 Å². The summed E-state index contributed by atoms with van der Waals surface area (Å²) < 4.78 is 5.09. The zero-order chi connectivity index (χ0) is 9.64. The van der Waals surface area contributed by atoms with Crippen molar-refractivity contribution in [2.75, 3.05) is 6.61 Å². The van der Waals surface area contributed by atoms with Crippen LogP contribution in [-0.2, 0) is 4.74 Å². The van der Waals surface area contributed by atoms with E-state index in [0.29, 0.717) is 6.42 Å². The first-order valence-corrected chi connectivity index (χ1v) is 4.44. The van der Waals surface area contributed by atoms with Crippen LogP contribution in [0.1, 0.15) is 12.8 Å². The van der Waals surface area contributed by atoms with Crippen molar-refractivity contribution in [1.82, 2.24) is 0 Å². The van der Waals surface area contributed by atoms with E-state index in [2.05, 4.69) is 0 Å². The van der Waals surface area contributed by atoms with Crippen molar-refractivity contribution in [1.29, 1.82) is 0 Å². The van der Waals surface area contributed by atoms with Crippen molar-refractivity contribution in [2.45, 2.75) is 42.9 Å². The Morgan fingerprint density at radius 1 is 1.15 bits per heavy atom. The van der Waals surface area contributed by atoms with Crippen LogP contribution in [0, 0.1) is 0 Å². The molecule has 0 radical (unpaired) electrons. The molecule has 0 aromatic heterocycles. The second-order valence-corrected chi connectivity index (χ2v) is 3.86. The Bertz CT molecular complexity index is 209. The Balaban J connectivity index is 2.23. The fourth-order valence-corrected chi connectivity index (χ4v) is 2.20. The van der Waals surface area contributed by atoms with E-state index in [-0.39, 0.29) is 13.0 Å². The smallest absolute Gasteiger partial charge is 0.122 e. The summed E-state index contributed by atoms with van der Waals surface area (Å²) in [6.45, 7) is -0.0365. The summed E-state index contributed by atoms with van der Waals surface area (Å²) in [6, 6.07) is 0. The van der Waals surface area contributed by atoms with E-state index >= 15 is 0 Å². The minimum absolute atomic E-state index is 0.0365. The maximum atomic E-state index is 9.93. The molecule has 2 rings (SSSR count). The van der Waals surface area contributed by atoms with Gasteiger partial charge in [0.2, 0.25) is 0 Å². The van der Waals surface area contributed by atoms with Gasteiger partial charge in [-0.1, -0.05) is 0 Å². The summed E-state index contributed by atoms with van der Waals surface area (Å²) in [5.74, 6) is 0. The minimum Gasteiger partial charge on any atom is -0.390 e. The van der Waals surface area contributed by atoms with E-state index in [4.69, 9.17) is 4.74 Å². The van der Waals surface area contributed by atoms with Gasteiger partial charge in [0.25, 0.3) is 0 Å². The third-order valence-electron chi connectivity index (χ3n) is 3.01. The van der Waals surface area contributed by atoms with Gasteiger partial charge in [-0.25, -0.2) is 0 Å². The van der Waals surface area contributed by atoms with Crippen LogP contribution in [-0.4, -0.2) is 57.0 Å². The van der Waals surface area contributed by atoms with Gasteiger partial charge in [0, 0.05) is 0 Å². The van der Waals surface area contributed by atoms with Crippen LogP contribution in [0.2, 0.25) is 0 Å². The zero-order valence-electron chi connectivity index (χ0n) is 7.13. The first-order chi connectivity index (χ1) is 6.05. The average Bonchev–Trinajstić information content (AvgIpc) is 2.39. The van der Waals surface area contributed by atoms with E-state index in [9.17, 15) is 20.4 Å². The molecule has 1 aliphatic heterocycles. The lowest BCUT2D eigenvalue weighted by atomic mass is 9.86. The van der Waals surface area contributed by atoms with E-state index < -0.39 is 30.0 Å². The highest BCUT2D eigenvalue weighted by Gasteiger charge is 2.57. The molecule has 1 heterocycles. The van der Waals surface area contributed by atoms with E-state index in [1.165, 1.54) is 0 Å². The highest BCUT2D eigenvalue weighted by atomic mass is 16.5. The largest absolute Gasteiger partial charge is 0.390 e. The molecule has 0 aromatic carbocycles. The van der Waals surface area contributed by atoms with E-state index in [1.807, 2.05) is 0 Å². The molecule has 0 amide bonds. The van der Waals surface area contributed by atoms with Gasteiger partial charge >= 0.3 is 0 Å². The van der Waals surface area contributed by atoms with Crippen LogP contribution in [0.3, 0.4) is 0 Å². The van der Waals surface area contributed by atoms with Crippen LogP contribution >= 0.6 is 0 Å². The van der Waals surface area contributed by atoms with Crippen LogP contribution in [0.25, 0.3) is 0 Å². The lowest BCUT2D eigenvalue weighted by Crippen LogP contribution is -2.62. The number of rotatable bonds is 0. The van der Waals surface area contributed by atoms with Gasteiger partial charge in [-0.2, -0.15) is 0 Å². The van der Waals surface area contributed by atoms with E-state index in [0.717, 1.165) is 0 Å². The predicted molar refractivity (Wildman–Crippen MR) is 41.9 cm³/mol. The molecule has 2 aliphatic rings. The predicted octanol–water partition coefficient (Wildman–Crippen LogP) is -2.01. The molecule has 4 N–H and O–H groups in total. The molecule has 5 atom stereocenters. The second kappa shape index (κ2) is 2.90. The Morgan fingerprint density at radius 2 is 1.85 bits per heavy atom. The van der Waals surface area contributed by atoms with Gasteiger partial charge in [-0.3, -0.25) is 0 Å². The number of aliphatic hydroxyl groups excluding tert-OH is 3. The Hall–Kier alpha value is -0.200. The normalized spacial score (nSPS) is 56.3. The average molecular weight is 190 g/mol. The molecule has 1 aliphatic carbocycles. The molecule has 5 heteroatoms. The standard InChI is InChI=1S/C8H14O5/c9-4-1-2-8(12)6(11)5(10)3-13-7(4)8/h4-7,9-12H,1-3H2/t4?,5-,6+,7+,8-/m0/s1. The molecular formula is C8H14O5. The molecule has 13 heavy (non-hydrogen) atoms. The summed E-state index contributed by atoms with van der Waals surface area (Å²) in [5.41, 5.74) is -1.48. The third kappa shape index (κ3) is 1.19. The molecule has 0 bridgehead atoms. The minimum atomic E-state index is -1.48. The van der Waals surface area contributed by atoms with Gasteiger partial charge < -0.3 is 25.2 Å². The van der Waals surface area contributed by atoms with Gasteiger partial charge in [-0.05, 0) is 12.8 Å². The molecule has 1 saturated carbocycles. The van der Waals surface area contributed by atoms with Crippen LogP contribution in [0.4, 0.5) is 0 Å². The van der Waals surface area contributed by atoms with Crippen molar-refractivity contribution in [3.05, 3.63) is 0 Å². The number of hydrogen-bond acceptors (Lipinski definition) is 5. The maximum absolute atomic E-state index is 9.93. The van der Waals surface area contributed by atoms with Crippen molar-refractivity contribution in [3.63, 3.8) is 0 Å². The van der Waals surface area contributed by atoms with Crippen LogP contribution < -0.4 is 0 Å². The molecule has 0 spiro atoms. The molecule has 76 valence electrons. The lowest BCUT2D eigenvalue weighted by Gasteiger charge is -2.42. The van der Waals surface area contributed by atoms with Crippen LogP contribution in [0.15, 0.2) is 0 Å². The SMILES string of the molecule is OC1CC[C@@]2(O)[C@@H]1OC[C@H](O)[C@H]2O. The molecule has 2 fully saturated rings. The van der Waals surface area contributed by atoms with Gasteiger partial charge in [-0.15, -0.1) is 0 Å². The summed E-state index contributed by atoms with van der Waals surface area (Å²) >= 11 is 0. The Kier molecular flexibility index (Phi) is 2.08. The van der Waals surface area contributed by atoms with Crippen LogP contribution in [0.5, 0.6) is 0 Å². The van der Waals surface area contributed by atoms with Crippen molar-refractivity contribution < 1.29 is 25.2 Å². The highest BCUT2D eigenvalue weighted by molar-refractivity contribution is 5.07. The zero-order valence-corrected chi connectivity index (χ0v) is 7.13. The summed E-state index contributed by atoms with van der Waals surface area (Å²) in [4.78, 5) is 0. The quantitative estimate of drug-likeness (QED) is 0.354. The fourth-order valence-electron chi connectivity index (χ4n) is 2.20. The molecule has 5 nitrogen and oxygen atoms in total.